The lowest BCUT2D eigenvalue weighted by Crippen LogP contribution is -2.59. The number of hydrogen-bond donors (Lipinski definition) is 9. The highest BCUT2D eigenvalue weighted by atomic mass is 16.4. The molecule has 1 aromatic heterocycles. The number of aliphatic carboxylic acids is 1. The lowest BCUT2D eigenvalue weighted by Gasteiger charge is -2.28. The molecule has 10 N–H and O–H groups in total. The molecule has 1 aromatic carbocycles. The number of carbonyl (C=O) groups excluding carboxylic acids is 6. The molecule has 2 aromatic rings. The van der Waals surface area contributed by atoms with Crippen LogP contribution in [0.1, 0.15) is 85.9 Å². The fourth-order valence-electron chi connectivity index (χ4n) is 5.80. The average Bonchev–Trinajstić information content (AvgIpc) is 3.63. The number of H-pyrrole nitrogens is 1. The maximum absolute atomic E-state index is 13.8. The van der Waals surface area contributed by atoms with Crippen LogP contribution in [0, 0.1) is 17.8 Å². The van der Waals surface area contributed by atoms with Gasteiger partial charge in [0.1, 0.15) is 36.3 Å². The topological polar surface area (TPSA) is 267 Å². The van der Waals surface area contributed by atoms with E-state index in [0.29, 0.717) is 12.1 Å². The number of carboxylic acid groups (broad SMARTS) is 1. The number of imidazole rings is 1. The molecule has 0 aliphatic heterocycles. The molecule has 6 amide bonds. The Balaban J connectivity index is 2.15. The van der Waals surface area contributed by atoms with Gasteiger partial charge in [0.15, 0.2) is 0 Å². The number of rotatable bonds is 23. The van der Waals surface area contributed by atoms with Crippen molar-refractivity contribution in [2.45, 2.75) is 130 Å². The molecule has 2 rings (SSSR count). The van der Waals surface area contributed by atoms with E-state index in [1.54, 1.807) is 0 Å². The molecule has 0 bridgehead atoms. The monoisotopic (exact) mass is 783 g/mol. The van der Waals surface area contributed by atoms with Crippen molar-refractivity contribution in [1.82, 2.24) is 41.9 Å². The predicted octanol–water partition coefficient (Wildman–Crippen LogP) is 0.694. The van der Waals surface area contributed by atoms with Crippen molar-refractivity contribution in [3.05, 3.63) is 54.1 Å². The van der Waals surface area contributed by atoms with Gasteiger partial charge in [-0.05, 0) is 56.4 Å². The molecule has 0 spiro atoms. The van der Waals surface area contributed by atoms with E-state index in [1.807, 2.05) is 71.9 Å². The van der Waals surface area contributed by atoms with E-state index in [9.17, 15) is 38.7 Å². The first-order chi connectivity index (χ1) is 26.3. The summed E-state index contributed by atoms with van der Waals surface area (Å²) in [6.07, 6.45) is 3.73. The van der Waals surface area contributed by atoms with Gasteiger partial charge in [-0.3, -0.25) is 28.8 Å². The number of amides is 6. The van der Waals surface area contributed by atoms with Crippen LogP contribution < -0.4 is 37.6 Å². The van der Waals surface area contributed by atoms with Crippen molar-refractivity contribution >= 4 is 41.4 Å². The molecule has 310 valence electrons. The summed E-state index contributed by atoms with van der Waals surface area (Å²) in [6, 6.07) is 1.46. The van der Waals surface area contributed by atoms with Crippen molar-refractivity contribution in [2.75, 3.05) is 0 Å². The smallest absolute Gasteiger partial charge is 0.326 e. The molecule has 7 atom stereocenters. The summed E-state index contributed by atoms with van der Waals surface area (Å²) >= 11 is 0. The number of aromatic amines is 1. The lowest BCUT2D eigenvalue weighted by atomic mass is 9.98. The number of aromatic nitrogens is 2. The fourth-order valence-corrected chi connectivity index (χ4v) is 5.80. The Kier molecular flexibility index (Phi) is 19.2. The highest BCUT2D eigenvalue weighted by Crippen LogP contribution is 2.12. The Morgan fingerprint density at radius 1 is 0.589 bits per heavy atom. The van der Waals surface area contributed by atoms with Gasteiger partial charge in [0.25, 0.3) is 0 Å². The molecule has 0 saturated heterocycles. The molecule has 17 heteroatoms. The fraction of sp³-hybridized carbons (Fsp3) is 0.590. The largest absolute Gasteiger partial charge is 0.480 e. The first kappa shape index (κ1) is 46.8. The van der Waals surface area contributed by atoms with Crippen LogP contribution in [0.15, 0.2) is 42.9 Å². The van der Waals surface area contributed by atoms with Gasteiger partial charge in [0, 0.05) is 24.7 Å². The summed E-state index contributed by atoms with van der Waals surface area (Å²) in [5, 5.41) is 25.3. The second-order valence-corrected chi connectivity index (χ2v) is 15.5. The Hall–Kier alpha value is -5.32. The van der Waals surface area contributed by atoms with E-state index >= 15 is 0 Å². The molecule has 0 radical (unpaired) electrons. The maximum atomic E-state index is 13.8. The highest BCUT2D eigenvalue weighted by molar-refractivity contribution is 5.97. The summed E-state index contributed by atoms with van der Waals surface area (Å²) < 4.78 is 0. The first-order valence-electron chi connectivity index (χ1n) is 19.1. The van der Waals surface area contributed by atoms with Gasteiger partial charge in [-0.25, -0.2) is 9.78 Å². The van der Waals surface area contributed by atoms with Crippen LogP contribution in [0.3, 0.4) is 0 Å². The van der Waals surface area contributed by atoms with Gasteiger partial charge in [-0.2, -0.15) is 0 Å². The Bertz CT molecular complexity index is 1600. The normalized spacial score (nSPS) is 15.1. The summed E-state index contributed by atoms with van der Waals surface area (Å²) in [4.78, 5) is 98.4. The molecule has 0 aliphatic rings. The third kappa shape index (κ3) is 16.6. The first-order valence-corrected chi connectivity index (χ1v) is 19.1. The van der Waals surface area contributed by atoms with Crippen molar-refractivity contribution in [3.8, 4) is 0 Å². The van der Waals surface area contributed by atoms with Crippen LogP contribution >= 0.6 is 0 Å². The van der Waals surface area contributed by atoms with Crippen molar-refractivity contribution in [3.63, 3.8) is 0 Å². The van der Waals surface area contributed by atoms with Crippen molar-refractivity contribution < 1.29 is 38.7 Å². The van der Waals surface area contributed by atoms with Crippen LogP contribution in [0.2, 0.25) is 0 Å². The third-order valence-corrected chi connectivity index (χ3v) is 8.76. The molecule has 0 aliphatic carbocycles. The number of benzene rings is 1. The van der Waals surface area contributed by atoms with Gasteiger partial charge in [-0.15, -0.1) is 0 Å². The zero-order valence-electron chi connectivity index (χ0n) is 33.7. The number of nitrogens with one attached hydrogen (secondary N) is 7. The summed E-state index contributed by atoms with van der Waals surface area (Å²) in [5.74, 6) is -5.10. The lowest BCUT2D eigenvalue weighted by molar-refractivity contribution is -0.142. The summed E-state index contributed by atoms with van der Waals surface area (Å²) in [5.41, 5.74) is 7.40. The third-order valence-electron chi connectivity index (χ3n) is 8.76. The molecule has 17 nitrogen and oxygen atoms in total. The molecular weight excluding hydrogens is 722 g/mol. The van der Waals surface area contributed by atoms with Gasteiger partial charge in [-0.1, -0.05) is 71.9 Å². The summed E-state index contributed by atoms with van der Waals surface area (Å²) in [7, 11) is 0. The highest BCUT2D eigenvalue weighted by Gasteiger charge is 2.33. The SMILES string of the molecule is CC(C)C[C@H](NC(=O)[C@H](CC(C)C)NC(=O)[C@H](Cc1ccccc1)NC(=O)[C@@H](N)CC(C)C)C(=O)N[C@@H](C)C(=O)N[C@@H](C)C(=O)N[C@@H](Cc1cnc[nH]1)C(=O)O. The number of nitrogens with two attached hydrogens (primary N) is 1. The molecular formula is C39H61N9O8. The predicted molar refractivity (Wildman–Crippen MR) is 209 cm³/mol. The summed E-state index contributed by atoms with van der Waals surface area (Å²) in [6.45, 7) is 14.1. The minimum absolute atomic E-state index is 0.0516. The van der Waals surface area contributed by atoms with E-state index in [-0.39, 0.29) is 43.4 Å². The zero-order valence-corrected chi connectivity index (χ0v) is 33.7. The van der Waals surface area contributed by atoms with Gasteiger partial charge in [0.2, 0.25) is 35.4 Å². The minimum atomic E-state index is -1.29. The van der Waals surface area contributed by atoms with E-state index in [2.05, 4.69) is 41.9 Å². The number of hydrogen-bond acceptors (Lipinski definition) is 9. The van der Waals surface area contributed by atoms with E-state index in [4.69, 9.17) is 5.73 Å². The van der Waals surface area contributed by atoms with Crippen molar-refractivity contribution in [2.24, 2.45) is 23.5 Å². The van der Waals surface area contributed by atoms with Crippen molar-refractivity contribution in [1.29, 1.82) is 0 Å². The zero-order chi connectivity index (χ0) is 42.1. The Morgan fingerprint density at radius 2 is 1.04 bits per heavy atom. The number of carbonyl (C=O) groups is 7. The van der Waals surface area contributed by atoms with Gasteiger partial charge >= 0.3 is 5.97 Å². The van der Waals surface area contributed by atoms with E-state index in [0.717, 1.165) is 5.56 Å². The van der Waals surface area contributed by atoms with Crippen LogP contribution in [0.5, 0.6) is 0 Å². The molecule has 0 saturated carbocycles. The standard InChI is InChI=1S/C39H61N9O8/c1-21(2)14-28(40)35(51)45-31(17-26-12-10-9-11-13-26)38(54)47-30(16-23(5)6)37(53)46-29(15-22(3)4)36(52)44-24(7)33(49)43-25(8)34(50)48-32(39(55)56)18-27-19-41-20-42-27/h9-13,19-25,28-32H,14-18,40H2,1-8H3,(H,41,42)(H,43,49)(H,44,52)(H,45,51)(H,46,53)(H,47,54)(H,48,50)(H,55,56)/t24-,25-,28-,29-,30-,31-,32-/m0/s1. The van der Waals surface area contributed by atoms with Crippen LogP contribution in [0.25, 0.3) is 0 Å². The Labute approximate surface area is 328 Å². The number of nitrogens with zero attached hydrogens (tertiary/aromatic N) is 1. The molecule has 0 fully saturated rings. The van der Waals surface area contributed by atoms with Crippen LogP contribution in [0.4, 0.5) is 0 Å². The van der Waals surface area contributed by atoms with Crippen LogP contribution in [-0.2, 0) is 46.4 Å². The molecule has 1 heterocycles. The average molecular weight is 784 g/mol. The molecule has 0 unspecified atom stereocenters. The van der Waals surface area contributed by atoms with Crippen LogP contribution in [-0.4, -0.2) is 98.8 Å². The number of carboxylic acids is 1. The van der Waals surface area contributed by atoms with Gasteiger partial charge in [0.05, 0.1) is 12.4 Å². The minimum Gasteiger partial charge on any atom is -0.480 e. The van der Waals surface area contributed by atoms with E-state index in [1.165, 1.54) is 26.4 Å². The molecule has 56 heavy (non-hydrogen) atoms. The van der Waals surface area contributed by atoms with Gasteiger partial charge < -0.3 is 47.7 Å². The quantitative estimate of drug-likeness (QED) is 0.0762. The maximum Gasteiger partial charge on any atom is 0.326 e. The Morgan fingerprint density at radius 3 is 1.52 bits per heavy atom. The van der Waals surface area contributed by atoms with E-state index < -0.39 is 83.7 Å². The second-order valence-electron chi connectivity index (χ2n) is 15.5. The second kappa shape index (κ2) is 22.9.